The molecule has 0 spiro atoms. The summed E-state index contributed by atoms with van der Waals surface area (Å²) in [4.78, 5) is 26.8. The van der Waals surface area contributed by atoms with Crippen LogP contribution in [0.25, 0.3) is 6.08 Å². The van der Waals surface area contributed by atoms with Crippen molar-refractivity contribution >= 4 is 57.9 Å². The highest BCUT2D eigenvalue weighted by atomic mass is 35.5. The van der Waals surface area contributed by atoms with E-state index in [-0.39, 0.29) is 28.8 Å². The van der Waals surface area contributed by atoms with Crippen molar-refractivity contribution in [2.24, 2.45) is 0 Å². The smallest absolute Gasteiger partial charge is 0.346 e. The number of hydrogen-bond donors (Lipinski definition) is 0. The number of rotatable bonds is 5. The Kier molecular flexibility index (Phi) is 6.22. The summed E-state index contributed by atoms with van der Waals surface area (Å²) in [5.74, 6) is -1.07. The molecule has 5 nitrogen and oxygen atoms in total. The zero-order chi connectivity index (χ0) is 22.0. The molecule has 0 bridgehead atoms. The number of hydrogen-bond acceptors (Lipinski definition) is 6. The quantitative estimate of drug-likeness (QED) is 0.205. The lowest BCUT2D eigenvalue weighted by molar-refractivity contribution is -0.122. The summed E-state index contributed by atoms with van der Waals surface area (Å²) in [6.45, 7) is 0.251. The van der Waals surface area contributed by atoms with Crippen LogP contribution in [0.4, 0.5) is 4.39 Å². The predicted molar refractivity (Wildman–Crippen MR) is 120 cm³/mol. The van der Waals surface area contributed by atoms with Crippen molar-refractivity contribution in [1.82, 2.24) is 4.90 Å². The molecule has 1 fully saturated rings. The highest BCUT2D eigenvalue weighted by Crippen LogP contribution is 2.35. The van der Waals surface area contributed by atoms with Crippen molar-refractivity contribution in [2.75, 3.05) is 0 Å². The van der Waals surface area contributed by atoms with E-state index in [1.807, 2.05) is 0 Å². The molecule has 0 radical (unpaired) electrons. The highest BCUT2D eigenvalue weighted by molar-refractivity contribution is 8.26. The van der Waals surface area contributed by atoms with Gasteiger partial charge in [0.25, 0.3) is 5.91 Å². The summed E-state index contributed by atoms with van der Waals surface area (Å²) in [5, 5.41) is 0.143. The molecule has 2 aromatic carbocycles. The monoisotopic (exact) mass is 473 g/mol. The summed E-state index contributed by atoms with van der Waals surface area (Å²) in [5.41, 5.74) is 0.428. The largest absolute Gasteiger partial charge is 0.467 e. The molecule has 156 valence electrons. The first kappa shape index (κ1) is 21.3. The molecule has 3 aromatic rings. The van der Waals surface area contributed by atoms with Crippen LogP contribution in [0.3, 0.4) is 0 Å². The lowest BCUT2D eigenvalue weighted by Crippen LogP contribution is -2.27. The van der Waals surface area contributed by atoms with Gasteiger partial charge in [-0.25, -0.2) is 9.18 Å². The van der Waals surface area contributed by atoms with Gasteiger partial charge in [-0.15, -0.1) is 0 Å². The van der Waals surface area contributed by atoms with Gasteiger partial charge in [-0.2, -0.15) is 0 Å². The van der Waals surface area contributed by atoms with E-state index < -0.39 is 11.8 Å². The fraction of sp³-hybridized carbons (Fsp3) is 0.0455. The van der Waals surface area contributed by atoms with E-state index >= 15 is 0 Å². The number of amides is 1. The topological polar surface area (TPSA) is 59.8 Å². The van der Waals surface area contributed by atoms with Crippen molar-refractivity contribution in [2.45, 2.75) is 6.54 Å². The molecule has 0 unspecified atom stereocenters. The van der Waals surface area contributed by atoms with Crippen LogP contribution in [0.1, 0.15) is 21.7 Å². The second kappa shape index (κ2) is 9.05. The Balaban J connectivity index is 1.50. The third kappa shape index (κ3) is 4.71. The molecule has 0 aliphatic carbocycles. The minimum absolute atomic E-state index is 0.0810. The number of carbonyl (C=O) groups excluding carboxylic acids is 2. The first-order chi connectivity index (χ1) is 14.9. The first-order valence-electron chi connectivity index (χ1n) is 8.96. The van der Waals surface area contributed by atoms with E-state index in [4.69, 9.17) is 33.0 Å². The van der Waals surface area contributed by atoms with Crippen molar-refractivity contribution in [1.29, 1.82) is 0 Å². The number of carbonyl (C=O) groups is 2. The molecule has 0 atom stereocenters. The van der Waals surface area contributed by atoms with Crippen molar-refractivity contribution in [3.63, 3.8) is 0 Å². The molecule has 0 N–H and O–H groups in total. The summed E-state index contributed by atoms with van der Waals surface area (Å²) in [6.07, 6.45) is 3.18. The van der Waals surface area contributed by atoms with E-state index in [9.17, 15) is 14.0 Å². The Labute approximate surface area is 191 Å². The van der Waals surface area contributed by atoms with Gasteiger partial charge < -0.3 is 9.15 Å². The third-order valence-electron chi connectivity index (χ3n) is 4.32. The molecule has 0 saturated carbocycles. The SMILES string of the molecule is O=C(Oc1ccc(C=C2SC(=S)N(Cc3ccco3)C2=O)cc1Cl)c1ccccc1F. The summed E-state index contributed by atoms with van der Waals surface area (Å²) in [6, 6.07) is 13.7. The molecule has 1 saturated heterocycles. The Morgan fingerprint density at radius 1 is 1.23 bits per heavy atom. The fourth-order valence-electron chi connectivity index (χ4n) is 2.82. The van der Waals surface area contributed by atoms with Crippen molar-refractivity contribution in [3.8, 4) is 5.75 Å². The second-order valence-electron chi connectivity index (χ2n) is 6.41. The van der Waals surface area contributed by atoms with Crippen LogP contribution >= 0.6 is 35.6 Å². The molecule has 1 aliphatic rings. The maximum atomic E-state index is 13.8. The highest BCUT2D eigenvalue weighted by Gasteiger charge is 2.32. The summed E-state index contributed by atoms with van der Waals surface area (Å²) >= 11 is 12.7. The summed E-state index contributed by atoms with van der Waals surface area (Å²) in [7, 11) is 0. The molecule has 1 aromatic heterocycles. The number of thioether (sulfide) groups is 1. The molecule has 31 heavy (non-hydrogen) atoms. The Morgan fingerprint density at radius 2 is 2.03 bits per heavy atom. The normalized spacial score (nSPS) is 15.0. The minimum Gasteiger partial charge on any atom is -0.467 e. The maximum Gasteiger partial charge on any atom is 0.346 e. The van der Waals surface area contributed by atoms with Gasteiger partial charge in [0.1, 0.15) is 21.6 Å². The van der Waals surface area contributed by atoms with E-state index in [1.54, 1.807) is 30.3 Å². The second-order valence-corrected chi connectivity index (χ2v) is 8.49. The number of ether oxygens (including phenoxy) is 1. The Bertz CT molecular complexity index is 1210. The van der Waals surface area contributed by atoms with Crippen LogP contribution in [0, 0.1) is 5.82 Å². The lowest BCUT2D eigenvalue weighted by Gasteiger charge is -2.12. The average Bonchev–Trinajstić information content (AvgIpc) is 3.34. The molecule has 4 rings (SSSR count). The molecule has 9 heteroatoms. The van der Waals surface area contributed by atoms with Gasteiger partial charge in [-0.05, 0) is 48.0 Å². The van der Waals surface area contributed by atoms with Crippen LogP contribution in [0.2, 0.25) is 5.02 Å². The molecule has 1 aliphatic heterocycles. The van der Waals surface area contributed by atoms with Crippen LogP contribution in [0.5, 0.6) is 5.75 Å². The van der Waals surface area contributed by atoms with Crippen molar-refractivity contribution in [3.05, 3.63) is 93.5 Å². The molecule has 2 heterocycles. The van der Waals surface area contributed by atoms with Crippen LogP contribution in [-0.2, 0) is 11.3 Å². The zero-order valence-electron chi connectivity index (χ0n) is 15.7. The predicted octanol–water partition coefficient (Wildman–Crippen LogP) is 5.69. The number of halogens is 2. The Morgan fingerprint density at radius 3 is 2.74 bits per heavy atom. The molecule has 1 amide bonds. The van der Waals surface area contributed by atoms with Crippen LogP contribution < -0.4 is 4.74 Å². The van der Waals surface area contributed by atoms with Gasteiger partial charge in [0.15, 0.2) is 0 Å². The van der Waals surface area contributed by atoms with Gasteiger partial charge in [0, 0.05) is 0 Å². The minimum atomic E-state index is -0.855. The van der Waals surface area contributed by atoms with Crippen LogP contribution in [-0.4, -0.2) is 21.1 Å². The van der Waals surface area contributed by atoms with E-state index in [0.29, 0.717) is 20.5 Å². The number of nitrogens with zero attached hydrogens (tertiary/aromatic N) is 1. The molecular weight excluding hydrogens is 461 g/mol. The third-order valence-corrected chi connectivity index (χ3v) is 5.99. The molecular formula is C22H13ClFNO4S2. The first-order valence-corrected chi connectivity index (χ1v) is 10.6. The van der Waals surface area contributed by atoms with E-state index in [1.165, 1.54) is 53.3 Å². The Hall–Kier alpha value is -2.94. The van der Waals surface area contributed by atoms with Crippen molar-refractivity contribution < 1.29 is 23.1 Å². The number of thiocarbonyl (C=S) groups is 1. The number of benzene rings is 2. The lowest BCUT2D eigenvalue weighted by atomic mass is 10.2. The van der Waals surface area contributed by atoms with Gasteiger partial charge >= 0.3 is 5.97 Å². The average molecular weight is 474 g/mol. The van der Waals surface area contributed by atoms with E-state index in [2.05, 4.69) is 0 Å². The van der Waals surface area contributed by atoms with E-state index in [0.717, 1.165) is 0 Å². The number of furan rings is 1. The zero-order valence-corrected chi connectivity index (χ0v) is 18.1. The standard InChI is InChI=1S/C22H13ClFNO4S2/c23-16-10-13(7-8-18(16)29-21(27)15-5-1-2-6-17(15)24)11-19-20(26)25(22(30)31-19)12-14-4-3-9-28-14/h1-11H,12H2. The number of esters is 1. The van der Waals surface area contributed by atoms with Gasteiger partial charge in [0.05, 0.1) is 28.3 Å². The van der Waals surface area contributed by atoms with Gasteiger partial charge in [-0.1, -0.05) is 53.8 Å². The van der Waals surface area contributed by atoms with Gasteiger partial charge in [-0.3, -0.25) is 9.69 Å². The fourth-order valence-corrected chi connectivity index (χ4v) is 4.30. The van der Waals surface area contributed by atoms with Gasteiger partial charge in [0.2, 0.25) is 0 Å². The summed E-state index contributed by atoms with van der Waals surface area (Å²) < 4.78 is 24.7. The van der Waals surface area contributed by atoms with Crippen LogP contribution in [0.15, 0.2) is 70.2 Å². The maximum absolute atomic E-state index is 13.8.